The van der Waals surface area contributed by atoms with Crippen molar-refractivity contribution in [1.29, 1.82) is 0 Å². The Balaban J connectivity index is 1.71. The Morgan fingerprint density at radius 1 is 1.50 bits per heavy atom. The molecule has 0 saturated carbocycles. The van der Waals surface area contributed by atoms with Crippen molar-refractivity contribution < 1.29 is 19.1 Å². The van der Waals surface area contributed by atoms with E-state index in [2.05, 4.69) is 4.98 Å². The minimum absolute atomic E-state index is 0.0535. The van der Waals surface area contributed by atoms with Crippen LogP contribution < -0.4 is 0 Å². The van der Waals surface area contributed by atoms with Crippen molar-refractivity contribution in [3.63, 3.8) is 0 Å². The van der Waals surface area contributed by atoms with Gasteiger partial charge in [-0.3, -0.25) is 9.59 Å². The van der Waals surface area contributed by atoms with Crippen LogP contribution in [0, 0.1) is 11.8 Å². The third-order valence-electron chi connectivity index (χ3n) is 4.00. The fourth-order valence-electron chi connectivity index (χ4n) is 2.75. The van der Waals surface area contributed by atoms with Gasteiger partial charge in [-0.1, -0.05) is 6.92 Å². The van der Waals surface area contributed by atoms with E-state index in [4.69, 9.17) is 9.52 Å². The van der Waals surface area contributed by atoms with Gasteiger partial charge in [-0.05, 0) is 18.4 Å². The quantitative estimate of drug-likeness (QED) is 0.939. The Bertz CT molecular complexity index is 680. The van der Waals surface area contributed by atoms with E-state index in [1.54, 1.807) is 28.9 Å². The van der Waals surface area contributed by atoms with Crippen LogP contribution in [0.25, 0.3) is 10.6 Å². The average molecular weight is 320 g/mol. The summed E-state index contributed by atoms with van der Waals surface area (Å²) < 4.78 is 5.02. The molecule has 2 aromatic rings. The summed E-state index contributed by atoms with van der Waals surface area (Å²) in [5, 5.41) is 11.6. The van der Waals surface area contributed by atoms with Crippen LogP contribution in [0.5, 0.6) is 0 Å². The average Bonchev–Trinajstić information content (AvgIpc) is 3.16. The molecule has 7 heteroatoms. The number of carboxylic acids is 1. The molecule has 3 heterocycles. The molecule has 1 N–H and O–H groups in total. The van der Waals surface area contributed by atoms with E-state index >= 15 is 0 Å². The molecule has 0 aromatic carbocycles. The molecule has 0 spiro atoms. The lowest BCUT2D eigenvalue weighted by molar-refractivity contribution is -0.145. The molecule has 1 amide bonds. The highest BCUT2D eigenvalue weighted by atomic mass is 32.1. The lowest BCUT2D eigenvalue weighted by atomic mass is 9.87. The van der Waals surface area contributed by atoms with E-state index in [1.807, 2.05) is 6.92 Å². The number of carbonyl (C=O) groups is 2. The van der Waals surface area contributed by atoms with Gasteiger partial charge in [0.15, 0.2) is 0 Å². The topological polar surface area (TPSA) is 83.6 Å². The SMILES string of the molecule is CC1CN(C(=O)c2csc(-c3ccoc3)n2)CCC1C(=O)O. The maximum Gasteiger partial charge on any atom is 0.306 e. The number of carboxylic acid groups (broad SMARTS) is 1. The van der Waals surface area contributed by atoms with Gasteiger partial charge >= 0.3 is 5.97 Å². The Morgan fingerprint density at radius 2 is 2.32 bits per heavy atom. The fraction of sp³-hybridized carbons (Fsp3) is 0.400. The lowest BCUT2D eigenvalue weighted by Crippen LogP contribution is -2.45. The van der Waals surface area contributed by atoms with Gasteiger partial charge in [0.1, 0.15) is 17.0 Å². The molecule has 116 valence electrons. The Hall–Kier alpha value is -2.15. The first kappa shape index (κ1) is 14.8. The summed E-state index contributed by atoms with van der Waals surface area (Å²) in [5.74, 6) is -1.35. The molecule has 6 nitrogen and oxygen atoms in total. The standard InChI is InChI=1S/C15H16N2O4S/c1-9-6-17(4-2-11(9)15(19)20)14(18)12-8-22-13(16-12)10-3-5-21-7-10/h3,5,7-9,11H,2,4,6H2,1H3,(H,19,20). The summed E-state index contributed by atoms with van der Waals surface area (Å²) >= 11 is 1.39. The fourth-order valence-corrected chi connectivity index (χ4v) is 3.53. The van der Waals surface area contributed by atoms with Gasteiger partial charge in [0.2, 0.25) is 0 Å². The zero-order valence-corrected chi connectivity index (χ0v) is 12.9. The molecule has 1 saturated heterocycles. The molecule has 0 radical (unpaired) electrons. The minimum atomic E-state index is -0.782. The summed E-state index contributed by atoms with van der Waals surface area (Å²) in [7, 11) is 0. The molecular formula is C15H16N2O4S. The smallest absolute Gasteiger partial charge is 0.306 e. The maximum absolute atomic E-state index is 12.5. The first-order chi connectivity index (χ1) is 10.6. The van der Waals surface area contributed by atoms with Crippen molar-refractivity contribution >= 4 is 23.2 Å². The predicted molar refractivity (Wildman–Crippen MR) is 80.6 cm³/mol. The summed E-state index contributed by atoms with van der Waals surface area (Å²) in [6.45, 7) is 2.78. The van der Waals surface area contributed by atoms with Crippen LogP contribution in [0.2, 0.25) is 0 Å². The first-order valence-electron chi connectivity index (χ1n) is 7.06. The summed E-state index contributed by atoms with van der Waals surface area (Å²) in [6, 6.07) is 1.80. The van der Waals surface area contributed by atoms with E-state index in [0.29, 0.717) is 25.2 Å². The maximum atomic E-state index is 12.5. The molecule has 1 aliphatic heterocycles. The molecular weight excluding hydrogens is 304 g/mol. The van der Waals surface area contributed by atoms with E-state index in [9.17, 15) is 9.59 Å². The summed E-state index contributed by atoms with van der Waals surface area (Å²) in [6.07, 6.45) is 3.64. The van der Waals surface area contributed by atoms with Crippen LogP contribution >= 0.6 is 11.3 Å². The minimum Gasteiger partial charge on any atom is -0.481 e. The lowest BCUT2D eigenvalue weighted by Gasteiger charge is -2.34. The third-order valence-corrected chi connectivity index (χ3v) is 4.89. The Labute approximate surface area is 131 Å². The largest absolute Gasteiger partial charge is 0.481 e. The van der Waals surface area contributed by atoms with Gasteiger partial charge in [0.25, 0.3) is 5.91 Å². The zero-order valence-electron chi connectivity index (χ0n) is 12.1. The van der Waals surface area contributed by atoms with E-state index in [1.165, 1.54) is 11.3 Å². The van der Waals surface area contributed by atoms with E-state index in [-0.39, 0.29) is 17.7 Å². The second kappa shape index (κ2) is 5.92. The van der Waals surface area contributed by atoms with Gasteiger partial charge in [-0.25, -0.2) is 4.98 Å². The molecule has 3 rings (SSSR count). The number of carbonyl (C=O) groups excluding carboxylic acids is 1. The first-order valence-corrected chi connectivity index (χ1v) is 7.94. The number of rotatable bonds is 3. The number of hydrogen-bond donors (Lipinski definition) is 1. The molecule has 2 aromatic heterocycles. The van der Waals surface area contributed by atoms with Crippen molar-refractivity contribution in [2.75, 3.05) is 13.1 Å². The van der Waals surface area contributed by atoms with Crippen molar-refractivity contribution in [2.24, 2.45) is 11.8 Å². The van der Waals surface area contributed by atoms with Crippen LogP contribution in [-0.4, -0.2) is 40.0 Å². The van der Waals surface area contributed by atoms with Crippen LogP contribution in [0.15, 0.2) is 28.4 Å². The third kappa shape index (κ3) is 2.76. The highest BCUT2D eigenvalue weighted by molar-refractivity contribution is 7.13. The Morgan fingerprint density at radius 3 is 2.95 bits per heavy atom. The van der Waals surface area contributed by atoms with Gasteiger partial charge in [0.05, 0.1) is 12.2 Å². The van der Waals surface area contributed by atoms with Gasteiger partial charge in [0, 0.05) is 24.0 Å². The number of furan rings is 1. The van der Waals surface area contributed by atoms with E-state index in [0.717, 1.165) is 10.6 Å². The van der Waals surface area contributed by atoms with Crippen molar-refractivity contribution in [3.8, 4) is 10.6 Å². The Kier molecular flexibility index (Phi) is 3.98. The second-order valence-corrected chi connectivity index (χ2v) is 6.37. The highest BCUT2D eigenvalue weighted by Gasteiger charge is 2.33. The normalized spacial score (nSPS) is 21.8. The number of hydrogen-bond acceptors (Lipinski definition) is 5. The number of likely N-dealkylation sites (tertiary alicyclic amines) is 1. The van der Waals surface area contributed by atoms with Crippen LogP contribution in [0.1, 0.15) is 23.8 Å². The molecule has 2 unspecified atom stereocenters. The highest BCUT2D eigenvalue weighted by Crippen LogP contribution is 2.27. The zero-order chi connectivity index (χ0) is 15.7. The van der Waals surface area contributed by atoms with Crippen LogP contribution in [-0.2, 0) is 4.79 Å². The molecule has 0 aliphatic carbocycles. The number of aliphatic carboxylic acids is 1. The molecule has 1 fully saturated rings. The molecule has 0 bridgehead atoms. The number of amides is 1. The van der Waals surface area contributed by atoms with Crippen molar-refractivity contribution in [2.45, 2.75) is 13.3 Å². The number of piperidine rings is 1. The number of nitrogens with zero attached hydrogens (tertiary/aromatic N) is 2. The molecule has 22 heavy (non-hydrogen) atoms. The number of thiazole rings is 1. The monoisotopic (exact) mass is 320 g/mol. The van der Waals surface area contributed by atoms with Crippen molar-refractivity contribution in [3.05, 3.63) is 29.7 Å². The summed E-state index contributed by atoms with van der Waals surface area (Å²) in [4.78, 5) is 29.7. The van der Waals surface area contributed by atoms with Crippen LogP contribution in [0.4, 0.5) is 0 Å². The number of aromatic nitrogens is 1. The van der Waals surface area contributed by atoms with E-state index < -0.39 is 5.97 Å². The van der Waals surface area contributed by atoms with Gasteiger partial charge in [-0.15, -0.1) is 11.3 Å². The summed E-state index contributed by atoms with van der Waals surface area (Å²) in [5.41, 5.74) is 1.25. The van der Waals surface area contributed by atoms with Crippen molar-refractivity contribution in [1.82, 2.24) is 9.88 Å². The predicted octanol–water partition coefficient (Wildman–Crippen LogP) is 2.59. The van der Waals surface area contributed by atoms with Crippen LogP contribution in [0.3, 0.4) is 0 Å². The molecule has 2 atom stereocenters. The second-order valence-electron chi connectivity index (χ2n) is 5.51. The van der Waals surface area contributed by atoms with Gasteiger partial charge < -0.3 is 14.4 Å². The molecule has 1 aliphatic rings. The van der Waals surface area contributed by atoms with Gasteiger partial charge in [-0.2, -0.15) is 0 Å².